The van der Waals surface area contributed by atoms with Crippen molar-refractivity contribution in [3.8, 4) is 0 Å². The van der Waals surface area contributed by atoms with Crippen molar-refractivity contribution in [2.24, 2.45) is 0 Å². The van der Waals surface area contributed by atoms with E-state index in [1.165, 1.54) is 4.88 Å². The molecule has 17 heavy (non-hydrogen) atoms. The van der Waals surface area contributed by atoms with Crippen LogP contribution in [0.25, 0.3) is 0 Å². The second-order valence-corrected chi connectivity index (χ2v) is 7.31. The molecule has 0 saturated heterocycles. The van der Waals surface area contributed by atoms with Gasteiger partial charge in [-0.3, -0.25) is 0 Å². The molecule has 1 unspecified atom stereocenters. The number of nitrogens with one attached hydrogen (secondary N) is 1. The fraction of sp³-hybridized carbons (Fsp3) is 0.167. The van der Waals surface area contributed by atoms with Gasteiger partial charge in [-0.2, -0.15) is 0 Å². The van der Waals surface area contributed by atoms with Crippen molar-refractivity contribution in [1.29, 1.82) is 0 Å². The highest BCUT2D eigenvalue weighted by Gasteiger charge is 2.17. The predicted octanol–water partition coefficient (Wildman–Crippen LogP) is 5.24. The summed E-state index contributed by atoms with van der Waals surface area (Å²) >= 11 is 14.8. The van der Waals surface area contributed by atoms with Gasteiger partial charge in [-0.1, -0.05) is 27.5 Å². The topological polar surface area (TPSA) is 12.0 Å². The Morgan fingerprint density at radius 3 is 2.59 bits per heavy atom. The third kappa shape index (κ3) is 3.12. The van der Waals surface area contributed by atoms with Crippen LogP contribution in [0.4, 0.5) is 0 Å². The molecular formula is C12H10Br2ClNS. The van der Waals surface area contributed by atoms with Crippen molar-refractivity contribution >= 4 is 54.8 Å². The van der Waals surface area contributed by atoms with Gasteiger partial charge in [-0.15, -0.1) is 11.3 Å². The summed E-state index contributed by atoms with van der Waals surface area (Å²) in [5.74, 6) is 0. The zero-order valence-corrected chi connectivity index (χ0v) is 13.8. The standard InChI is InChI=1S/C12H10Br2ClNS/c1-16-12(10-4-5-11(14)17-10)8-6-7(15)2-3-9(8)13/h2-6,12,16H,1H3. The van der Waals surface area contributed by atoms with E-state index >= 15 is 0 Å². The number of rotatable bonds is 3. The molecule has 90 valence electrons. The molecular weight excluding hydrogens is 385 g/mol. The number of thiophene rings is 1. The van der Waals surface area contributed by atoms with Crippen LogP contribution in [0.1, 0.15) is 16.5 Å². The smallest absolute Gasteiger partial charge is 0.0702 e. The van der Waals surface area contributed by atoms with Crippen LogP contribution in [0.15, 0.2) is 38.6 Å². The van der Waals surface area contributed by atoms with Crippen molar-refractivity contribution in [1.82, 2.24) is 5.32 Å². The van der Waals surface area contributed by atoms with Crippen LogP contribution < -0.4 is 5.32 Å². The lowest BCUT2D eigenvalue weighted by Gasteiger charge is -2.17. The quantitative estimate of drug-likeness (QED) is 0.750. The Kier molecular flexibility index (Phi) is 4.66. The Hall–Kier alpha value is 0.130. The van der Waals surface area contributed by atoms with Gasteiger partial charge >= 0.3 is 0 Å². The van der Waals surface area contributed by atoms with Gasteiger partial charge < -0.3 is 5.32 Å². The molecule has 1 aromatic carbocycles. The molecule has 1 aromatic heterocycles. The van der Waals surface area contributed by atoms with Crippen LogP contribution in [0.2, 0.25) is 5.02 Å². The number of halogens is 3. The Morgan fingerprint density at radius 2 is 2.00 bits per heavy atom. The molecule has 5 heteroatoms. The summed E-state index contributed by atoms with van der Waals surface area (Å²) in [6.45, 7) is 0. The first-order valence-corrected chi connectivity index (χ1v) is 7.77. The maximum absolute atomic E-state index is 6.06. The fourth-order valence-electron chi connectivity index (χ4n) is 1.67. The lowest BCUT2D eigenvalue weighted by Crippen LogP contribution is -2.16. The van der Waals surface area contributed by atoms with Crippen molar-refractivity contribution in [3.63, 3.8) is 0 Å². The third-order valence-corrected chi connectivity index (χ3v) is 5.08. The van der Waals surface area contributed by atoms with Crippen LogP contribution in [0.5, 0.6) is 0 Å². The molecule has 0 radical (unpaired) electrons. The Bertz CT molecular complexity index is 527. The summed E-state index contributed by atoms with van der Waals surface area (Å²) < 4.78 is 2.19. The highest BCUT2D eigenvalue weighted by Crippen LogP contribution is 2.35. The largest absolute Gasteiger partial charge is 0.309 e. The summed E-state index contributed by atoms with van der Waals surface area (Å²) in [5, 5.41) is 4.07. The van der Waals surface area contributed by atoms with E-state index in [-0.39, 0.29) is 6.04 Å². The van der Waals surface area contributed by atoms with E-state index in [4.69, 9.17) is 11.6 Å². The molecule has 2 aromatic rings. The van der Waals surface area contributed by atoms with Gasteiger partial charge in [0.15, 0.2) is 0 Å². The minimum absolute atomic E-state index is 0.152. The van der Waals surface area contributed by atoms with E-state index in [2.05, 4.69) is 49.3 Å². The monoisotopic (exact) mass is 393 g/mol. The normalized spacial score (nSPS) is 12.7. The van der Waals surface area contributed by atoms with Crippen LogP contribution in [0.3, 0.4) is 0 Å². The zero-order valence-electron chi connectivity index (χ0n) is 9.01. The average Bonchev–Trinajstić information content (AvgIpc) is 2.71. The summed E-state index contributed by atoms with van der Waals surface area (Å²) in [7, 11) is 1.95. The van der Waals surface area contributed by atoms with E-state index < -0.39 is 0 Å². The molecule has 0 spiro atoms. The first-order valence-electron chi connectivity index (χ1n) is 4.99. The van der Waals surface area contributed by atoms with Gasteiger partial charge in [-0.05, 0) is 58.9 Å². The summed E-state index contributed by atoms with van der Waals surface area (Å²) in [6, 6.07) is 10.2. The Balaban J connectivity index is 2.45. The maximum Gasteiger partial charge on any atom is 0.0702 e. The molecule has 0 saturated carbocycles. The van der Waals surface area contributed by atoms with Crippen LogP contribution >= 0.6 is 54.8 Å². The number of hydrogen-bond donors (Lipinski definition) is 1. The molecule has 0 bridgehead atoms. The minimum Gasteiger partial charge on any atom is -0.309 e. The zero-order chi connectivity index (χ0) is 12.4. The molecule has 0 aliphatic carbocycles. The van der Waals surface area contributed by atoms with E-state index in [1.807, 2.05) is 25.2 Å². The number of benzene rings is 1. The van der Waals surface area contributed by atoms with Gasteiger partial charge in [0.05, 0.1) is 9.83 Å². The second-order valence-electron chi connectivity index (χ2n) is 3.53. The maximum atomic E-state index is 6.06. The van der Waals surface area contributed by atoms with Crippen LogP contribution in [0, 0.1) is 0 Å². The van der Waals surface area contributed by atoms with E-state index in [9.17, 15) is 0 Å². The first kappa shape index (κ1) is 13.6. The van der Waals surface area contributed by atoms with Crippen molar-refractivity contribution in [3.05, 3.63) is 54.1 Å². The Labute approximate surface area is 126 Å². The van der Waals surface area contributed by atoms with Crippen molar-refractivity contribution in [2.45, 2.75) is 6.04 Å². The van der Waals surface area contributed by atoms with E-state index in [0.29, 0.717) is 0 Å². The summed E-state index contributed by atoms with van der Waals surface area (Å²) in [4.78, 5) is 1.25. The first-order chi connectivity index (χ1) is 8.11. The lowest BCUT2D eigenvalue weighted by atomic mass is 10.1. The van der Waals surface area contributed by atoms with Crippen molar-refractivity contribution in [2.75, 3.05) is 7.05 Å². The highest BCUT2D eigenvalue weighted by atomic mass is 79.9. The van der Waals surface area contributed by atoms with E-state index in [0.717, 1.165) is 18.8 Å². The van der Waals surface area contributed by atoms with Crippen molar-refractivity contribution < 1.29 is 0 Å². The molecule has 1 atom stereocenters. The molecule has 0 amide bonds. The van der Waals surface area contributed by atoms with Crippen LogP contribution in [-0.2, 0) is 0 Å². The Morgan fingerprint density at radius 1 is 1.24 bits per heavy atom. The second kappa shape index (κ2) is 5.85. The fourth-order valence-corrected chi connectivity index (χ4v) is 3.88. The van der Waals surface area contributed by atoms with Gasteiger partial charge in [0.1, 0.15) is 0 Å². The summed E-state index contributed by atoms with van der Waals surface area (Å²) in [5.41, 5.74) is 1.15. The van der Waals surface area contributed by atoms with Gasteiger partial charge in [0, 0.05) is 14.4 Å². The minimum atomic E-state index is 0.152. The van der Waals surface area contributed by atoms with E-state index in [1.54, 1.807) is 11.3 Å². The molecule has 2 rings (SSSR count). The lowest BCUT2D eigenvalue weighted by molar-refractivity contribution is 0.701. The molecule has 0 aliphatic heterocycles. The summed E-state index contributed by atoms with van der Waals surface area (Å²) in [6.07, 6.45) is 0. The SMILES string of the molecule is CNC(c1ccc(Br)s1)c1cc(Cl)ccc1Br. The van der Waals surface area contributed by atoms with Gasteiger partial charge in [0.25, 0.3) is 0 Å². The average molecular weight is 396 g/mol. The van der Waals surface area contributed by atoms with Gasteiger partial charge in [-0.25, -0.2) is 0 Å². The molecule has 1 heterocycles. The molecule has 0 aliphatic rings. The van der Waals surface area contributed by atoms with Gasteiger partial charge in [0.2, 0.25) is 0 Å². The predicted molar refractivity (Wildman–Crippen MR) is 82.1 cm³/mol. The van der Waals surface area contributed by atoms with Crippen LogP contribution in [-0.4, -0.2) is 7.05 Å². The molecule has 0 fully saturated rings. The molecule has 1 N–H and O–H groups in total. The molecule has 1 nitrogen and oxygen atoms in total. The third-order valence-electron chi connectivity index (χ3n) is 2.44. The number of hydrogen-bond acceptors (Lipinski definition) is 2. The highest BCUT2D eigenvalue weighted by molar-refractivity contribution is 9.11.